The molecular formula is C16H22N2O3. The number of aryl methyl sites for hydroxylation is 1. The average Bonchev–Trinajstić information content (AvgIpc) is 2.50. The van der Waals surface area contributed by atoms with E-state index >= 15 is 0 Å². The first-order chi connectivity index (χ1) is 10.0. The van der Waals surface area contributed by atoms with Gasteiger partial charge in [0.2, 0.25) is 0 Å². The van der Waals surface area contributed by atoms with E-state index in [0.717, 1.165) is 17.7 Å². The molecule has 1 atom stereocenters. The van der Waals surface area contributed by atoms with Gasteiger partial charge in [0.05, 0.1) is 5.92 Å². The number of carbonyl (C=O) groups excluding carboxylic acids is 1. The van der Waals surface area contributed by atoms with Gasteiger partial charge in [0.15, 0.2) is 0 Å². The van der Waals surface area contributed by atoms with E-state index in [1.54, 1.807) is 9.80 Å². The maximum Gasteiger partial charge on any atom is 0.324 e. The van der Waals surface area contributed by atoms with Crippen molar-refractivity contribution in [2.45, 2.75) is 26.7 Å². The zero-order chi connectivity index (χ0) is 15.4. The first-order valence-electron chi connectivity index (χ1n) is 7.39. The second kappa shape index (κ2) is 6.61. The molecule has 2 rings (SSSR count). The number of piperidine rings is 1. The number of rotatable bonds is 3. The Kier molecular flexibility index (Phi) is 4.83. The second-order valence-electron chi connectivity index (χ2n) is 5.49. The predicted octanol–water partition coefficient (Wildman–Crippen LogP) is 2.74. The molecule has 5 heteroatoms. The molecule has 1 N–H and O–H groups in total. The van der Waals surface area contributed by atoms with Crippen LogP contribution in [0.15, 0.2) is 24.3 Å². The second-order valence-corrected chi connectivity index (χ2v) is 5.49. The first-order valence-corrected chi connectivity index (χ1v) is 7.39. The van der Waals surface area contributed by atoms with Crippen LogP contribution in [-0.2, 0) is 4.79 Å². The van der Waals surface area contributed by atoms with Crippen LogP contribution in [0.5, 0.6) is 0 Å². The smallest absolute Gasteiger partial charge is 0.324 e. The number of likely N-dealkylation sites (tertiary alicyclic amines) is 1. The van der Waals surface area contributed by atoms with Crippen molar-refractivity contribution >= 4 is 17.7 Å². The van der Waals surface area contributed by atoms with Gasteiger partial charge in [-0.15, -0.1) is 0 Å². The molecule has 1 aromatic rings. The fourth-order valence-electron chi connectivity index (χ4n) is 2.68. The summed E-state index contributed by atoms with van der Waals surface area (Å²) in [6, 6.07) is 7.70. The van der Waals surface area contributed by atoms with E-state index < -0.39 is 11.9 Å². The molecule has 1 aromatic carbocycles. The van der Waals surface area contributed by atoms with Gasteiger partial charge < -0.3 is 10.0 Å². The summed E-state index contributed by atoms with van der Waals surface area (Å²) >= 11 is 0. The highest BCUT2D eigenvalue weighted by Crippen LogP contribution is 2.21. The molecule has 1 fully saturated rings. The molecule has 1 heterocycles. The summed E-state index contributed by atoms with van der Waals surface area (Å²) < 4.78 is 0. The third-order valence-electron chi connectivity index (χ3n) is 3.93. The van der Waals surface area contributed by atoms with Crippen LogP contribution < -0.4 is 4.90 Å². The lowest BCUT2D eigenvalue weighted by molar-refractivity contribution is -0.143. The van der Waals surface area contributed by atoms with E-state index in [2.05, 4.69) is 0 Å². The molecule has 0 aliphatic carbocycles. The Morgan fingerprint density at radius 2 is 2.00 bits per heavy atom. The van der Waals surface area contributed by atoms with Gasteiger partial charge in [-0.3, -0.25) is 9.69 Å². The predicted molar refractivity (Wildman–Crippen MR) is 81.5 cm³/mol. The monoisotopic (exact) mass is 290 g/mol. The first kappa shape index (κ1) is 15.4. The van der Waals surface area contributed by atoms with Crippen LogP contribution in [0.1, 0.15) is 25.3 Å². The van der Waals surface area contributed by atoms with Crippen molar-refractivity contribution in [1.82, 2.24) is 4.90 Å². The molecule has 1 aliphatic rings. The largest absolute Gasteiger partial charge is 0.481 e. The number of carboxylic acid groups (broad SMARTS) is 1. The van der Waals surface area contributed by atoms with Crippen molar-refractivity contribution in [3.05, 3.63) is 29.8 Å². The molecule has 1 aliphatic heterocycles. The summed E-state index contributed by atoms with van der Waals surface area (Å²) in [4.78, 5) is 27.1. The Morgan fingerprint density at radius 3 is 2.57 bits per heavy atom. The number of hydrogen-bond acceptors (Lipinski definition) is 2. The number of hydrogen-bond donors (Lipinski definition) is 1. The quantitative estimate of drug-likeness (QED) is 0.931. The van der Waals surface area contributed by atoms with Gasteiger partial charge in [-0.05, 0) is 38.8 Å². The minimum Gasteiger partial charge on any atom is -0.481 e. The third kappa shape index (κ3) is 3.54. The average molecular weight is 290 g/mol. The van der Waals surface area contributed by atoms with Crippen LogP contribution in [-0.4, -0.2) is 41.6 Å². The Balaban J connectivity index is 2.12. The molecule has 0 saturated carbocycles. The number of urea groups is 1. The van der Waals surface area contributed by atoms with Gasteiger partial charge in [-0.2, -0.15) is 0 Å². The van der Waals surface area contributed by atoms with E-state index in [4.69, 9.17) is 5.11 Å². The maximum absolute atomic E-state index is 12.6. The van der Waals surface area contributed by atoms with E-state index in [9.17, 15) is 9.59 Å². The highest BCUT2D eigenvalue weighted by molar-refractivity contribution is 5.92. The van der Waals surface area contributed by atoms with Gasteiger partial charge in [-0.1, -0.05) is 17.7 Å². The fraction of sp³-hybridized carbons (Fsp3) is 0.500. The van der Waals surface area contributed by atoms with Crippen molar-refractivity contribution in [3.8, 4) is 0 Å². The van der Waals surface area contributed by atoms with Crippen molar-refractivity contribution in [2.24, 2.45) is 5.92 Å². The van der Waals surface area contributed by atoms with E-state index in [0.29, 0.717) is 26.1 Å². The van der Waals surface area contributed by atoms with Gasteiger partial charge in [0.25, 0.3) is 0 Å². The Morgan fingerprint density at radius 1 is 1.33 bits per heavy atom. The Bertz CT molecular complexity index is 513. The molecule has 0 bridgehead atoms. The van der Waals surface area contributed by atoms with E-state index in [1.165, 1.54) is 0 Å². The SMILES string of the molecule is CCN(C(=O)N1CCC[C@H](C(=O)O)C1)c1ccc(C)cc1. The Labute approximate surface area is 125 Å². The lowest BCUT2D eigenvalue weighted by Crippen LogP contribution is -2.49. The number of carboxylic acids is 1. The highest BCUT2D eigenvalue weighted by Gasteiger charge is 2.30. The molecule has 2 amide bonds. The zero-order valence-electron chi connectivity index (χ0n) is 12.6. The van der Waals surface area contributed by atoms with Crippen molar-refractivity contribution < 1.29 is 14.7 Å². The van der Waals surface area contributed by atoms with Crippen molar-refractivity contribution in [1.29, 1.82) is 0 Å². The molecule has 0 aromatic heterocycles. The Hall–Kier alpha value is -2.04. The number of benzene rings is 1. The summed E-state index contributed by atoms with van der Waals surface area (Å²) in [6.07, 6.45) is 1.39. The van der Waals surface area contributed by atoms with Crippen LogP contribution >= 0.6 is 0 Å². The summed E-state index contributed by atoms with van der Waals surface area (Å²) in [7, 11) is 0. The third-order valence-corrected chi connectivity index (χ3v) is 3.93. The van der Waals surface area contributed by atoms with Gasteiger partial charge in [-0.25, -0.2) is 4.79 Å². The van der Waals surface area contributed by atoms with Crippen molar-refractivity contribution in [3.63, 3.8) is 0 Å². The van der Waals surface area contributed by atoms with Crippen LogP contribution in [0.3, 0.4) is 0 Å². The topological polar surface area (TPSA) is 60.9 Å². The van der Waals surface area contributed by atoms with E-state index in [1.807, 2.05) is 38.1 Å². The summed E-state index contributed by atoms with van der Waals surface area (Å²) in [5, 5.41) is 9.13. The van der Waals surface area contributed by atoms with E-state index in [-0.39, 0.29) is 6.03 Å². The van der Waals surface area contributed by atoms with Gasteiger partial charge in [0, 0.05) is 25.3 Å². The van der Waals surface area contributed by atoms with Crippen molar-refractivity contribution in [2.75, 3.05) is 24.5 Å². The number of anilines is 1. The van der Waals surface area contributed by atoms with Gasteiger partial charge in [0.1, 0.15) is 0 Å². The normalized spacial score (nSPS) is 18.4. The number of aliphatic carboxylic acids is 1. The molecule has 5 nitrogen and oxygen atoms in total. The number of nitrogens with zero attached hydrogens (tertiary/aromatic N) is 2. The van der Waals surface area contributed by atoms with Gasteiger partial charge >= 0.3 is 12.0 Å². The highest BCUT2D eigenvalue weighted by atomic mass is 16.4. The summed E-state index contributed by atoms with van der Waals surface area (Å²) in [6.45, 7) is 5.43. The number of carbonyl (C=O) groups is 2. The summed E-state index contributed by atoms with van der Waals surface area (Å²) in [5.74, 6) is -1.26. The van der Waals surface area contributed by atoms with Crippen LogP contribution in [0.2, 0.25) is 0 Å². The summed E-state index contributed by atoms with van der Waals surface area (Å²) in [5.41, 5.74) is 2.00. The number of amides is 2. The van der Waals surface area contributed by atoms with Crippen LogP contribution in [0, 0.1) is 12.8 Å². The maximum atomic E-state index is 12.6. The molecular weight excluding hydrogens is 268 g/mol. The molecule has 1 saturated heterocycles. The standard InChI is InChI=1S/C16H22N2O3/c1-3-18(14-8-6-12(2)7-9-14)16(21)17-10-4-5-13(11-17)15(19)20/h6-9,13H,3-5,10-11H2,1-2H3,(H,19,20)/t13-/m0/s1. The molecule has 114 valence electrons. The van der Waals surface area contributed by atoms with Crippen LogP contribution in [0.25, 0.3) is 0 Å². The molecule has 0 radical (unpaired) electrons. The minimum absolute atomic E-state index is 0.104. The lowest BCUT2D eigenvalue weighted by Gasteiger charge is -2.34. The molecule has 0 spiro atoms. The molecule has 0 unspecified atom stereocenters. The fourth-order valence-corrected chi connectivity index (χ4v) is 2.68. The minimum atomic E-state index is -0.814. The van der Waals surface area contributed by atoms with Crippen LogP contribution in [0.4, 0.5) is 10.5 Å². The lowest BCUT2D eigenvalue weighted by atomic mass is 9.98. The molecule has 21 heavy (non-hydrogen) atoms. The zero-order valence-corrected chi connectivity index (χ0v) is 12.6.